The maximum absolute atomic E-state index is 11.3. The Morgan fingerprint density at radius 1 is 0.957 bits per heavy atom. The second kappa shape index (κ2) is 8.96. The number of phenols is 1. The summed E-state index contributed by atoms with van der Waals surface area (Å²) in [4.78, 5) is 11.3. The van der Waals surface area contributed by atoms with Gasteiger partial charge in [-0.2, -0.15) is 0 Å². The number of unbranched alkanes of at least 4 members (excludes halogenated alkanes) is 1. The lowest BCUT2D eigenvalue weighted by Crippen LogP contribution is -2.26. The minimum atomic E-state index is -0.957. The highest BCUT2D eigenvalue weighted by atomic mass is 16.5. The molecule has 0 radical (unpaired) electrons. The van der Waals surface area contributed by atoms with Gasteiger partial charge in [-0.25, -0.2) is 4.79 Å². The summed E-state index contributed by atoms with van der Waals surface area (Å²) in [5.74, 6) is -0.788. The van der Waals surface area contributed by atoms with Crippen LogP contribution in [-0.4, -0.2) is 28.9 Å². The monoisotopic (exact) mass is 314 g/mol. The largest absolute Gasteiger partial charge is 0.508 e. The number of ether oxygens (including phenoxy) is 1. The fourth-order valence-corrected chi connectivity index (χ4v) is 2.37. The first-order valence-corrected chi connectivity index (χ1v) is 7.81. The minimum absolute atomic E-state index is 0.169. The third-order valence-corrected chi connectivity index (χ3v) is 3.65. The molecular formula is C19H22O4. The zero-order valence-corrected chi connectivity index (χ0v) is 13.0. The van der Waals surface area contributed by atoms with Crippen molar-refractivity contribution in [3.05, 3.63) is 65.7 Å². The highest BCUT2D eigenvalue weighted by Crippen LogP contribution is 2.13. The SMILES string of the molecule is O=C(O)[C@H](Cc1ccc(O)cc1)OCCCCc1ccccc1. The molecule has 4 nitrogen and oxygen atoms in total. The summed E-state index contributed by atoms with van der Waals surface area (Å²) in [7, 11) is 0. The second-order valence-electron chi connectivity index (χ2n) is 5.51. The third-order valence-electron chi connectivity index (χ3n) is 3.65. The van der Waals surface area contributed by atoms with Crippen molar-refractivity contribution in [1.82, 2.24) is 0 Å². The lowest BCUT2D eigenvalue weighted by Gasteiger charge is -2.14. The lowest BCUT2D eigenvalue weighted by molar-refractivity contribution is -0.150. The normalized spacial score (nSPS) is 12.0. The van der Waals surface area contributed by atoms with Crippen LogP contribution in [0.5, 0.6) is 5.75 Å². The Labute approximate surface area is 136 Å². The van der Waals surface area contributed by atoms with Crippen LogP contribution in [0.3, 0.4) is 0 Å². The highest BCUT2D eigenvalue weighted by molar-refractivity contribution is 5.72. The molecule has 2 N–H and O–H groups in total. The molecule has 0 heterocycles. The van der Waals surface area contributed by atoms with Gasteiger partial charge in [-0.15, -0.1) is 0 Å². The Balaban J connectivity index is 1.72. The quantitative estimate of drug-likeness (QED) is 0.696. The summed E-state index contributed by atoms with van der Waals surface area (Å²) in [6.45, 7) is 0.432. The average molecular weight is 314 g/mol. The molecule has 0 bridgehead atoms. The van der Waals surface area contributed by atoms with E-state index in [2.05, 4.69) is 12.1 Å². The van der Waals surface area contributed by atoms with E-state index in [0.29, 0.717) is 13.0 Å². The van der Waals surface area contributed by atoms with Crippen LogP contribution in [0.2, 0.25) is 0 Å². The molecule has 4 heteroatoms. The number of carboxylic acids is 1. The van der Waals surface area contributed by atoms with E-state index in [1.807, 2.05) is 18.2 Å². The molecule has 0 spiro atoms. The molecule has 23 heavy (non-hydrogen) atoms. The molecule has 0 aliphatic carbocycles. The highest BCUT2D eigenvalue weighted by Gasteiger charge is 2.18. The molecular weight excluding hydrogens is 292 g/mol. The number of benzene rings is 2. The summed E-state index contributed by atoms with van der Waals surface area (Å²) >= 11 is 0. The molecule has 0 aromatic heterocycles. The number of aromatic hydroxyl groups is 1. The predicted octanol–water partition coefficient (Wildman–Crippen LogP) is 3.43. The van der Waals surface area contributed by atoms with Gasteiger partial charge in [-0.05, 0) is 42.5 Å². The van der Waals surface area contributed by atoms with E-state index >= 15 is 0 Å². The van der Waals surface area contributed by atoms with Gasteiger partial charge in [0.25, 0.3) is 0 Å². The van der Waals surface area contributed by atoms with Crippen LogP contribution in [0, 0.1) is 0 Å². The van der Waals surface area contributed by atoms with Crippen LogP contribution in [0.4, 0.5) is 0 Å². The summed E-state index contributed by atoms with van der Waals surface area (Å²) in [5, 5.41) is 18.5. The van der Waals surface area contributed by atoms with E-state index < -0.39 is 12.1 Å². The van der Waals surface area contributed by atoms with E-state index in [4.69, 9.17) is 4.74 Å². The first-order chi connectivity index (χ1) is 11.1. The van der Waals surface area contributed by atoms with Crippen molar-refractivity contribution in [2.75, 3.05) is 6.61 Å². The Kier molecular flexibility index (Phi) is 6.63. The summed E-state index contributed by atoms with van der Waals surface area (Å²) in [6.07, 6.45) is 2.22. The van der Waals surface area contributed by atoms with Gasteiger partial charge in [-0.1, -0.05) is 42.5 Å². The van der Waals surface area contributed by atoms with Gasteiger partial charge in [0, 0.05) is 13.0 Å². The average Bonchev–Trinajstić information content (AvgIpc) is 2.56. The fourth-order valence-electron chi connectivity index (χ4n) is 2.37. The molecule has 122 valence electrons. The number of phenolic OH excluding ortho intramolecular Hbond substituents is 1. The van der Waals surface area contributed by atoms with Crippen LogP contribution < -0.4 is 0 Å². The molecule has 2 rings (SSSR count). The van der Waals surface area contributed by atoms with E-state index in [0.717, 1.165) is 24.8 Å². The van der Waals surface area contributed by atoms with Gasteiger partial charge in [0.05, 0.1) is 0 Å². The molecule has 0 saturated carbocycles. The van der Waals surface area contributed by atoms with Crippen LogP contribution in [0.1, 0.15) is 24.0 Å². The topological polar surface area (TPSA) is 66.8 Å². The van der Waals surface area contributed by atoms with Gasteiger partial charge in [-0.3, -0.25) is 0 Å². The summed E-state index contributed by atoms with van der Waals surface area (Å²) in [6, 6.07) is 16.7. The van der Waals surface area contributed by atoms with Gasteiger partial charge >= 0.3 is 5.97 Å². The zero-order chi connectivity index (χ0) is 16.5. The lowest BCUT2D eigenvalue weighted by atomic mass is 10.1. The number of aryl methyl sites for hydroxylation is 1. The maximum Gasteiger partial charge on any atom is 0.333 e. The predicted molar refractivity (Wildman–Crippen MR) is 88.6 cm³/mol. The molecule has 0 aliphatic rings. The van der Waals surface area contributed by atoms with Gasteiger partial charge in [0.15, 0.2) is 6.10 Å². The third kappa shape index (κ3) is 6.12. The van der Waals surface area contributed by atoms with Gasteiger partial charge in [0.2, 0.25) is 0 Å². The van der Waals surface area contributed by atoms with Crippen molar-refractivity contribution >= 4 is 5.97 Å². The Morgan fingerprint density at radius 3 is 2.30 bits per heavy atom. The van der Waals surface area contributed by atoms with Crippen molar-refractivity contribution < 1.29 is 19.7 Å². The van der Waals surface area contributed by atoms with Crippen LogP contribution >= 0.6 is 0 Å². The second-order valence-corrected chi connectivity index (χ2v) is 5.51. The number of carbonyl (C=O) groups is 1. The molecule has 2 aromatic rings. The molecule has 2 aromatic carbocycles. The molecule has 0 unspecified atom stereocenters. The zero-order valence-electron chi connectivity index (χ0n) is 13.0. The van der Waals surface area contributed by atoms with Crippen LogP contribution in [0.25, 0.3) is 0 Å². The van der Waals surface area contributed by atoms with Crippen molar-refractivity contribution in [3.8, 4) is 5.75 Å². The van der Waals surface area contributed by atoms with E-state index in [9.17, 15) is 15.0 Å². The number of rotatable bonds is 9. The van der Waals surface area contributed by atoms with Crippen molar-refractivity contribution in [2.45, 2.75) is 31.8 Å². The smallest absolute Gasteiger partial charge is 0.333 e. The Hall–Kier alpha value is -2.33. The molecule has 0 amide bonds. The molecule has 0 aliphatic heterocycles. The first kappa shape index (κ1) is 17.0. The number of hydrogen-bond donors (Lipinski definition) is 2. The van der Waals surface area contributed by atoms with Gasteiger partial charge in [0.1, 0.15) is 5.75 Å². The van der Waals surface area contributed by atoms with E-state index in [1.165, 1.54) is 5.56 Å². The fraction of sp³-hybridized carbons (Fsp3) is 0.316. The number of carboxylic acid groups (broad SMARTS) is 1. The Bertz CT molecular complexity index is 593. The minimum Gasteiger partial charge on any atom is -0.508 e. The van der Waals surface area contributed by atoms with E-state index in [1.54, 1.807) is 24.3 Å². The van der Waals surface area contributed by atoms with Crippen LogP contribution in [0.15, 0.2) is 54.6 Å². The maximum atomic E-state index is 11.3. The number of aliphatic carboxylic acids is 1. The summed E-state index contributed by atoms with van der Waals surface area (Å²) < 4.78 is 5.51. The van der Waals surface area contributed by atoms with Crippen molar-refractivity contribution in [1.29, 1.82) is 0 Å². The first-order valence-electron chi connectivity index (χ1n) is 7.81. The van der Waals surface area contributed by atoms with Crippen molar-refractivity contribution in [2.24, 2.45) is 0 Å². The molecule has 0 fully saturated rings. The molecule has 1 atom stereocenters. The number of hydrogen-bond acceptors (Lipinski definition) is 3. The molecule has 0 saturated heterocycles. The standard InChI is InChI=1S/C19H22O4/c20-17-11-9-16(10-12-17)14-18(19(21)22)23-13-5-4-8-15-6-2-1-3-7-15/h1-3,6-7,9-12,18,20H,4-5,8,13-14H2,(H,21,22)/t18-/m0/s1. The van der Waals surface area contributed by atoms with E-state index in [-0.39, 0.29) is 5.75 Å². The van der Waals surface area contributed by atoms with Crippen LogP contribution in [-0.2, 0) is 22.4 Å². The van der Waals surface area contributed by atoms with Gasteiger partial charge < -0.3 is 14.9 Å². The Morgan fingerprint density at radius 2 is 1.65 bits per heavy atom. The van der Waals surface area contributed by atoms with Crippen molar-refractivity contribution in [3.63, 3.8) is 0 Å². The summed E-state index contributed by atoms with van der Waals surface area (Å²) in [5.41, 5.74) is 2.12.